The Hall–Kier alpha value is -1.88. The average molecular weight is 220 g/mol. The van der Waals surface area contributed by atoms with Crippen molar-refractivity contribution < 1.29 is 14.8 Å². The zero-order valence-corrected chi connectivity index (χ0v) is 8.59. The number of Topliss-reactive ketones (excluding diaryl/α,β-unsaturated/α-hetero) is 1. The van der Waals surface area contributed by atoms with E-state index in [2.05, 4.69) is 0 Å². The van der Waals surface area contributed by atoms with Crippen LogP contribution in [0.5, 0.6) is 0 Å². The maximum atomic E-state index is 11.6. The summed E-state index contributed by atoms with van der Waals surface area (Å²) in [5, 5.41) is 10.0. The highest BCUT2D eigenvalue weighted by Gasteiger charge is 2.30. The second-order valence-electron chi connectivity index (χ2n) is 3.75. The Balaban J connectivity index is 2.42. The average Bonchev–Trinajstić information content (AvgIpc) is 2.29. The highest BCUT2D eigenvalue weighted by Crippen LogP contribution is 2.32. The Labute approximate surface area is 92.4 Å². The second-order valence-corrected chi connectivity index (χ2v) is 3.75. The monoisotopic (exact) mass is 220 g/mol. The van der Waals surface area contributed by atoms with E-state index in [1.165, 1.54) is 0 Å². The molecular formula is C11H12N2O3. The topological polar surface area (TPSA) is 83.6 Å². The molecule has 2 amide bonds. The van der Waals surface area contributed by atoms with E-state index in [0.29, 0.717) is 29.0 Å². The smallest absolute Gasteiger partial charge is 0.339 e. The lowest BCUT2D eigenvalue weighted by molar-refractivity contribution is -0.0797. The summed E-state index contributed by atoms with van der Waals surface area (Å²) in [7, 11) is 0. The van der Waals surface area contributed by atoms with Crippen molar-refractivity contribution in [3.63, 3.8) is 0 Å². The fourth-order valence-corrected chi connectivity index (χ4v) is 2.01. The normalized spacial score (nSPS) is 19.1. The zero-order valence-electron chi connectivity index (χ0n) is 8.59. The van der Waals surface area contributed by atoms with Gasteiger partial charge in [-0.2, -0.15) is 5.06 Å². The van der Waals surface area contributed by atoms with Crippen molar-refractivity contribution in [2.45, 2.75) is 18.9 Å². The van der Waals surface area contributed by atoms with E-state index in [4.69, 9.17) is 5.73 Å². The molecule has 0 fully saturated rings. The van der Waals surface area contributed by atoms with Gasteiger partial charge in [0.1, 0.15) is 0 Å². The Kier molecular flexibility index (Phi) is 2.62. The van der Waals surface area contributed by atoms with E-state index < -0.39 is 12.1 Å². The minimum absolute atomic E-state index is 0.0321. The van der Waals surface area contributed by atoms with E-state index in [-0.39, 0.29) is 5.78 Å². The number of ketones is 1. The molecule has 0 radical (unpaired) electrons. The van der Waals surface area contributed by atoms with Crippen LogP contribution in [0.15, 0.2) is 24.3 Å². The first kappa shape index (κ1) is 10.6. The van der Waals surface area contributed by atoms with Gasteiger partial charge in [-0.25, -0.2) is 4.79 Å². The van der Waals surface area contributed by atoms with Crippen LogP contribution in [-0.2, 0) is 0 Å². The quantitative estimate of drug-likeness (QED) is 0.555. The van der Waals surface area contributed by atoms with Crippen molar-refractivity contribution in [3.8, 4) is 0 Å². The number of urea groups is 1. The highest BCUT2D eigenvalue weighted by atomic mass is 16.5. The summed E-state index contributed by atoms with van der Waals surface area (Å²) in [6.45, 7) is 0. The van der Waals surface area contributed by atoms with Gasteiger partial charge in [-0.05, 0) is 12.0 Å². The Morgan fingerprint density at radius 2 is 2.12 bits per heavy atom. The van der Waals surface area contributed by atoms with Crippen LogP contribution in [0.1, 0.15) is 34.8 Å². The molecule has 1 aliphatic rings. The van der Waals surface area contributed by atoms with Crippen molar-refractivity contribution in [2.75, 3.05) is 0 Å². The first-order valence-corrected chi connectivity index (χ1v) is 5.01. The maximum absolute atomic E-state index is 11.6. The van der Waals surface area contributed by atoms with Gasteiger partial charge in [0.25, 0.3) is 0 Å². The van der Waals surface area contributed by atoms with Crippen LogP contribution in [0.3, 0.4) is 0 Å². The van der Waals surface area contributed by atoms with Gasteiger partial charge < -0.3 is 5.73 Å². The number of hydrogen-bond donors (Lipinski definition) is 2. The fraction of sp³-hybridized carbons (Fsp3) is 0.273. The maximum Gasteiger partial charge on any atom is 0.339 e. The first-order chi connectivity index (χ1) is 7.61. The molecule has 0 spiro atoms. The predicted octanol–water partition coefficient (Wildman–Crippen LogP) is 1.47. The molecule has 5 nitrogen and oxygen atoms in total. The van der Waals surface area contributed by atoms with Gasteiger partial charge >= 0.3 is 6.03 Å². The van der Waals surface area contributed by atoms with E-state index in [1.54, 1.807) is 24.3 Å². The molecule has 0 aromatic heterocycles. The van der Waals surface area contributed by atoms with Gasteiger partial charge in [-0.3, -0.25) is 10.0 Å². The summed E-state index contributed by atoms with van der Waals surface area (Å²) >= 11 is 0. The summed E-state index contributed by atoms with van der Waals surface area (Å²) in [5.41, 5.74) is 6.22. The van der Waals surface area contributed by atoms with E-state index >= 15 is 0 Å². The number of rotatable bonds is 1. The second kappa shape index (κ2) is 3.94. The fourth-order valence-electron chi connectivity index (χ4n) is 2.01. The van der Waals surface area contributed by atoms with Crippen LogP contribution in [0.25, 0.3) is 0 Å². The summed E-state index contributed by atoms with van der Waals surface area (Å²) in [6.07, 6.45) is 0.710. The third kappa shape index (κ3) is 1.65. The summed E-state index contributed by atoms with van der Waals surface area (Å²) in [4.78, 5) is 22.5. The standard InChI is InChI=1S/C11H12N2O3/c12-11(15)13(16)9-5-6-10(14)8-4-2-1-3-7(8)9/h1-4,9,16H,5-6H2,(H2,12,15). The lowest BCUT2D eigenvalue weighted by Crippen LogP contribution is -2.38. The Morgan fingerprint density at radius 3 is 2.81 bits per heavy atom. The van der Waals surface area contributed by atoms with Crippen LogP contribution in [0.2, 0.25) is 0 Å². The minimum Gasteiger partial charge on any atom is -0.350 e. The molecule has 84 valence electrons. The van der Waals surface area contributed by atoms with Crippen molar-refractivity contribution in [3.05, 3.63) is 35.4 Å². The minimum atomic E-state index is -0.908. The molecule has 5 heteroatoms. The molecule has 1 aromatic carbocycles. The van der Waals surface area contributed by atoms with Crippen LogP contribution < -0.4 is 5.73 Å². The molecule has 0 saturated carbocycles. The SMILES string of the molecule is NC(=O)N(O)C1CCC(=O)c2ccccc21. The van der Waals surface area contributed by atoms with Crippen molar-refractivity contribution >= 4 is 11.8 Å². The highest BCUT2D eigenvalue weighted by molar-refractivity contribution is 5.98. The Bertz CT molecular complexity index is 445. The molecule has 1 aliphatic carbocycles. The van der Waals surface area contributed by atoms with Gasteiger partial charge in [0.15, 0.2) is 5.78 Å². The number of carbonyl (C=O) groups excluding carboxylic acids is 2. The number of nitrogens with two attached hydrogens (primary N) is 1. The number of fused-ring (bicyclic) bond motifs is 1. The number of primary amides is 1. The van der Waals surface area contributed by atoms with Crippen LogP contribution >= 0.6 is 0 Å². The van der Waals surface area contributed by atoms with Crippen molar-refractivity contribution in [1.29, 1.82) is 0 Å². The van der Waals surface area contributed by atoms with Crippen LogP contribution in [0, 0.1) is 0 Å². The summed E-state index contributed by atoms with van der Waals surface area (Å²) in [6, 6.07) is 5.51. The third-order valence-corrected chi connectivity index (χ3v) is 2.79. The largest absolute Gasteiger partial charge is 0.350 e. The Morgan fingerprint density at radius 1 is 1.44 bits per heavy atom. The van der Waals surface area contributed by atoms with Gasteiger partial charge in [0.05, 0.1) is 6.04 Å². The molecule has 1 unspecified atom stereocenters. The lowest BCUT2D eigenvalue weighted by Gasteiger charge is -2.29. The van der Waals surface area contributed by atoms with E-state index in [9.17, 15) is 14.8 Å². The number of benzene rings is 1. The van der Waals surface area contributed by atoms with Gasteiger partial charge in [-0.15, -0.1) is 0 Å². The van der Waals surface area contributed by atoms with E-state index in [0.717, 1.165) is 0 Å². The molecule has 1 atom stereocenters. The predicted molar refractivity (Wildman–Crippen MR) is 56.0 cm³/mol. The molecule has 3 N–H and O–H groups in total. The van der Waals surface area contributed by atoms with Crippen molar-refractivity contribution in [1.82, 2.24) is 5.06 Å². The van der Waals surface area contributed by atoms with Gasteiger partial charge in [0, 0.05) is 12.0 Å². The number of carbonyl (C=O) groups is 2. The molecule has 0 aliphatic heterocycles. The van der Waals surface area contributed by atoms with Gasteiger partial charge in [0.2, 0.25) is 0 Å². The molecule has 16 heavy (non-hydrogen) atoms. The zero-order chi connectivity index (χ0) is 11.7. The van der Waals surface area contributed by atoms with E-state index in [1.807, 2.05) is 0 Å². The van der Waals surface area contributed by atoms with Crippen molar-refractivity contribution in [2.24, 2.45) is 5.73 Å². The number of amides is 2. The molecule has 0 bridgehead atoms. The molecule has 0 heterocycles. The lowest BCUT2D eigenvalue weighted by atomic mass is 9.87. The number of hydrogen-bond acceptors (Lipinski definition) is 3. The third-order valence-electron chi connectivity index (χ3n) is 2.79. The number of hydroxylamine groups is 2. The molecule has 1 aromatic rings. The first-order valence-electron chi connectivity index (χ1n) is 5.01. The molecule has 0 saturated heterocycles. The van der Waals surface area contributed by atoms with Gasteiger partial charge in [-0.1, -0.05) is 24.3 Å². The van der Waals surface area contributed by atoms with Crippen LogP contribution in [0.4, 0.5) is 4.79 Å². The molecular weight excluding hydrogens is 208 g/mol. The molecule has 2 rings (SSSR count). The number of nitrogens with zero attached hydrogens (tertiary/aromatic N) is 1. The summed E-state index contributed by atoms with van der Waals surface area (Å²) < 4.78 is 0. The van der Waals surface area contributed by atoms with Crippen LogP contribution in [-0.4, -0.2) is 22.1 Å². The summed E-state index contributed by atoms with van der Waals surface area (Å²) in [5.74, 6) is 0.0321.